The summed E-state index contributed by atoms with van der Waals surface area (Å²) < 4.78 is 16.3. The number of hydrogen-bond acceptors (Lipinski definition) is 5. The van der Waals surface area contributed by atoms with Gasteiger partial charge in [-0.25, -0.2) is 4.79 Å². The SMILES string of the molecule is COc1ccc2cc(C(=O)OCC(=O)N3CCOC4CCCCC43)[nH]c2c1. The van der Waals surface area contributed by atoms with Gasteiger partial charge in [-0.2, -0.15) is 0 Å². The molecule has 1 saturated carbocycles. The highest BCUT2D eigenvalue weighted by Gasteiger charge is 2.36. The van der Waals surface area contributed by atoms with Crippen molar-refractivity contribution in [1.82, 2.24) is 9.88 Å². The molecule has 2 heterocycles. The van der Waals surface area contributed by atoms with E-state index in [0.29, 0.717) is 24.6 Å². The minimum absolute atomic E-state index is 0.110. The van der Waals surface area contributed by atoms with Gasteiger partial charge in [0, 0.05) is 23.5 Å². The van der Waals surface area contributed by atoms with Crippen molar-refractivity contribution in [2.24, 2.45) is 0 Å². The van der Waals surface area contributed by atoms with Gasteiger partial charge in [0.1, 0.15) is 11.4 Å². The lowest BCUT2D eigenvalue weighted by atomic mass is 9.90. The molecule has 1 N–H and O–H groups in total. The highest BCUT2D eigenvalue weighted by atomic mass is 16.5. The third-order valence-corrected chi connectivity index (χ3v) is 5.43. The Balaban J connectivity index is 1.39. The molecule has 1 aromatic heterocycles. The summed E-state index contributed by atoms with van der Waals surface area (Å²) in [6, 6.07) is 7.33. The number of fused-ring (bicyclic) bond motifs is 2. The number of hydrogen-bond donors (Lipinski definition) is 1. The van der Waals surface area contributed by atoms with Crippen LogP contribution in [-0.4, -0.2) is 60.8 Å². The number of ether oxygens (including phenoxy) is 3. The topological polar surface area (TPSA) is 80.9 Å². The van der Waals surface area contributed by atoms with Crippen LogP contribution in [0.5, 0.6) is 5.75 Å². The number of aromatic amines is 1. The molecule has 1 aliphatic heterocycles. The first-order valence-electron chi connectivity index (χ1n) is 9.40. The van der Waals surface area contributed by atoms with Crippen molar-refractivity contribution in [3.8, 4) is 5.75 Å². The Morgan fingerprint density at radius 3 is 2.96 bits per heavy atom. The number of esters is 1. The number of methoxy groups -OCH3 is 1. The average Bonchev–Trinajstić information content (AvgIpc) is 3.14. The number of H-pyrrole nitrogens is 1. The van der Waals surface area contributed by atoms with Crippen LogP contribution in [0.4, 0.5) is 0 Å². The Morgan fingerprint density at radius 2 is 2.11 bits per heavy atom. The summed E-state index contributed by atoms with van der Waals surface area (Å²) >= 11 is 0. The zero-order valence-electron chi connectivity index (χ0n) is 15.4. The van der Waals surface area contributed by atoms with Gasteiger partial charge in [-0.05, 0) is 31.0 Å². The second-order valence-corrected chi connectivity index (χ2v) is 7.06. The van der Waals surface area contributed by atoms with Gasteiger partial charge in [0.2, 0.25) is 0 Å². The smallest absolute Gasteiger partial charge is 0.355 e. The molecule has 1 aromatic carbocycles. The molecule has 2 aromatic rings. The van der Waals surface area contributed by atoms with Crippen molar-refractivity contribution in [1.29, 1.82) is 0 Å². The lowest BCUT2D eigenvalue weighted by Crippen LogP contribution is -2.55. The number of aromatic nitrogens is 1. The number of amides is 1. The summed E-state index contributed by atoms with van der Waals surface area (Å²) in [7, 11) is 1.59. The van der Waals surface area contributed by atoms with Crippen LogP contribution in [0, 0.1) is 0 Å². The first-order valence-corrected chi connectivity index (χ1v) is 9.40. The number of nitrogens with one attached hydrogen (secondary N) is 1. The van der Waals surface area contributed by atoms with E-state index >= 15 is 0 Å². The standard InChI is InChI=1S/C20H24N2O5/c1-25-14-7-6-13-10-16(21-15(13)11-14)20(24)27-12-19(23)22-8-9-26-18-5-3-2-4-17(18)22/h6-7,10-11,17-18,21H,2-5,8-9,12H2,1H3. The fraction of sp³-hybridized carbons (Fsp3) is 0.500. The number of carbonyl (C=O) groups is 2. The fourth-order valence-electron chi connectivity index (χ4n) is 4.04. The van der Waals surface area contributed by atoms with Crippen LogP contribution in [0.1, 0.15) is 36.2 Å². The maximum absolute atomic E-state index is 12.6. The zero-order valence-corrected chi connectivity index (χ0v) is 15.4. The van der Waals surface area contributed by atoms with E-state index in [1.165, 1.54) is 0 Å². The van der Waals surface area contributed by atoms with E-state index in [4.69, 9.17) is 14.2 Å². The van der Waals surface area contributed by atoms with Crippen LogP contribution in [0.2, 0.25) is 0 Å². The monoisotopic (exact) mass is 372 g/mol. The van der Waals surface area contributed by atoms with Crippen molar-refractivity contribution < 1.29 is 23.8 Å². The fourth-order valence-corrected chi connectivity index (χ4v) is 4.04. The Kier molecular flexibility index (Phi) is 5.03. The molecular weight excluding hydrogens is 348 g/mol. The molecule has 4 rings (SSSR count). The average molecular weight is 372 g/mol. The number of carbonyl (C=O) groups excluding carboxylic acids is 2. The summed E-state index contributed by atoms with van der Waals surface area (Å²) in [5.41, 5.74) is 1.11. The maximum Gasteiger partial charge on any atom is 0.355 e. The zero-order chi connectivity index (χ0) is 18.8. The number of nitrogens with zero attached hydrogens (tertiary/aromatic N) is 1. The molecule has 7 heteroatoms. The second-order valence-electron chi connectivity index (χ2n) is 7.06. The van der Waals surface area contributed by atoms with Crippen LogP contribution in [0.3, 0.4) is 0 Å². The highest BCUT2D eigenvalue weighted by Crippen LogP contribution is 2.28. The van der Waals surface area contributed by atoms with Crippen molar-refractivity contribution in [3.63, 3.8) is 0 Å². The van der Waals surface area contributed by atoms with E-state index in [2.05, 4.69) is 4.98 Å². The van der Waals surface area contributed by atoms with Gasteiger partial charge in [0.15, 0.2) is 6.61 Å². The molecule has 0 bridgehead atoms. The van der Waals surface area contributed by atoms with Gasteiger partial charge < -0.3 is 24.1 Å². The Hall–Kier alpha value is -2.54. The van der Waals surface area contributed by atoms with Gasteiger partial charge >= 0.3 is 5.97 Å². The lowest BCUT2D eigenvalue weighted by molar-refractivity contribution is -0.152. The number of morpholine rings is 1. The molecule has 1 aliphatic carbocycles. The molecule has 0 radical (unpaired) electrons. The van der Waals surface area contributed by atoms with Crippen molar-refractivity contribution in [3.05, 3.63) is 30.0 Å². The van der Waals surface area contributed by atoms with Crippen molar-refractivity contribution in [2.75, 3.05) is 26.9 Å². The molecular formula is C20H24N2O5. The van der Waals surface area contributed by atoms with Crippen molar-refractivity contribution in [2.45, 2.75) is 37.8 Å². The summed E-state index contributed by atoms with van der Waals surface area (Å²) in [4.78, 5) is 29.8. The van der Waals surface area contributed by atoms with Crippen LogP contribution in [-0.2, 0) is 14.3 Å². The van der Waals surface area contributed by atoms with Gasteiger partial charge in [0.25, 0.3) is 5.91 Å². The van der Waals surface area contributed by atoms with Crippen LogP contribution < -0.4 is 4.74 Å². The molecule has 2 fully saturated rings. The number of benzene rings is 1. The summed E-state index contributed by atoms with van der Waals surface area (Å²) in [6.07, 6.45) is 4.31. The predicted molar refractivity (Wildman–Crippen MR) is 98.8 cm³/mol. The molecule has 1 amide bonds. The maximum atomic E-state index is 12.6. The van der Waals surface area contributed by atoms with Gasteiger partial charge in [-0.1, -0.05) is 12.8 Å². The van der Waals surface area contributed by atoms with E-state index in [9.17, 15) is 9.59 Å². The molecule has 2 unspecified atom stereocenters. The minimum atomic E-state index is -0.535. The summed E-state index contributed by atoms with van der Waals surface area (Å²) in [5, 5.41) is 0.882. The quantitative estimate of drug-likeness (QED) is 0.834. The van der Waals surface area contributed by atoms with Crippen LogP contribution in [0.25, 0.3) is 10.9 Å². The van der Waals surface area contributed by atoms with E-state index in [1.807, 2.05) is 23.1 Å². The number of rotatable bonds is 4. The molecule has 144 valence electrons. The molecule has 2 atom stereocenters. The predicted octanol–water partition coefficient (Wildman–Crippen LogP) is 2.50. The molecule has 0 spiro atoms. The largest absolute Gasteiger partial charge is 0.497 e. The Morgan fingerprint density at radius 1 is 1.26 bits per heavy atom. The second kappa shape index (κ2) is 7.60. The van der Waals surface area contributed by atoms with Crippen LogP contribution in [0.15, 0.2) is 24.3 Å². The van der Waals surface area contributed by atoms with Gasteiger partial charge in [0.05, 0.1) is 25.9 Å². The van der Waals surface area contributed by atoms with Gasteiger partial charge in [-0.3, -0.25) is 4.79 Å². The highest BCUT2D eigenvalue weighted by molar-refractivity contribution is 5.96. The third kappa shape index (κ3) is 3.64. The molecule has 7 nitrogen and oxygen atoms in total. The molecule has 1 saturated heterocycles. The van der Waals surface area contributed by atoms with E-state index in [-0.39, 0.29) is 24.7 Å². The van der Waals surface area contributed by atoms with E-state index < -0.39 is 5.97 Å². The third-order valence-electron chi connectivity index (χ3n) is 5.43. The van der Waals surface area contributed by atoms with E-state index in [1.54, 1.807) is 13.2 Å². The molecule has 27 heavy (non-hydrogen) atoms. The normalized spacial score (nSPS) is 22.3. The summed E-state index contributed by atoms with van der Waals surface area (Å²) in [6.45, 7) is 0.856. The summed E-state index contributed by atoms with van der Waals surface area (Å²) in [5.74, 6) is 0.0158. The van der Waals surface area contributed by atoms with Crippen molar-refractivity contribution >= 4 is 22.8 Å². The molecule has 2 aliphatic rings. The van der Waals surface area contributed by atoms with E-state index in [0.717, 1.165) is 36.6 Å². The Bertz CT molecular complexity index is 844. The Labute approximate surface area is 157 Å². The minimum Gasteiger partial charge on any atom is -0.497 e. The first-order chi connectivity index (χ1) is 13.2. The van der Waals surface area contributed by atoms with Gasteiger partial charge in [-0.15, -0.1) is 0 Å². The lowest BCUT2D eigenvalue weighted by Gasteiger charge is -2.43. The first kappa shape index (κ1) is 17.9. The van der Waals surface area contributed by atoms with Crippen LogP contribution >= 0.6 is 0 Å².